The Bertz CT molecular complexity index is 918. The first-order chi connectivity index (χ1) is 29.3. The molecule has 0 aromatic carbocycles. The van der Waals surface area contributed by atoms with E-state index in [0.717, 1.165) is 69.6 Å². The molecule has 0 aliphatic carbocycles. The molecule has 0 amide bonds. The third-order valence-electron chi connectivity index (χ3n) is 12.6. The van der Waals surface area contributed by atoms with Gasteiger partial charge >= 0.3 is 17.9 Å². The Morgan fingerprint density at radius 1 is 0.350 bits per heavy atom. The van der Waals surface area contributed by atoms with E-state index in [1.807, 2.05) is 0 Å². The van der Waals surface area contributed by atoms with Gasteiger partial charge < -0.3 is 14.2 Å². The number of rotatable bonds is 48. The van der Waals surface area contributed by atoms with Gasteiger partial charge in [0.15, 0.2) is 6.10 Å². The third-order valence-corrected chi connectivity index (χ3v) is 12.6. The number of ether oxygens (including phenoxy) is 3. The molecule has 0 N–H and O–H groups in total. The first-order valence-electron chi connectivity index (χ1n) is 26.8. The number of carbonyl (C=O) groups is 3. The van der Waals surface area contributed by atoms with Crippen LogP contribution in [0.25, 0.3) is 0 Å². The molecule has 0 aromatic heterocycles. The molecule has 6 nitrogen and oxygen atoms in total. The molecule has 0 radical (unpaired) electrons. The summed E-state index contributed by atoms with van der Waals surface area (Å²) in [4.78, 5) is 37.9. The molecule has 1 unspecified atom stereocenters. The fourth-order valence-electron chi connectivity index (χ4n) is 8.13. The predicted molar refractivity (Wildman–Crippen MR) is 256 cm³/mol. The zero-order valence-corrected chi connectivity index (χ0v) is 41.1. The second-order valence-electron chi connectivity index (χ2n) is 19.2. The number of carbonyl (C=O) groups excluding carboxylic acids is 3. The molecule has 0 aromatic rings. The van der Waals surface area contributed by atoms with Crippen LogP contribution in [0.15, 0.2) is 0 Å². The van der Waals surface area contributed by atoms with Gasteiger partial charge in [-0.2, -0.15) is 0 Å². The summed E-state index contributed by atoms with van der Waals surface area (Å²) >= 11 is 0. The average molecular weight is 849 g/mol. The van der Waals surface area contributed by atoms with Crippen molar-refractivity contribution in [3.63, 3.8) is 0 Å². The minimum atomic E-state index is -0.761. The lowest BCUT2D eigenvalue weighted by Crippen LogP contribution is -2.30. The maximum atomic E-state index is 12.8. The van der Waals surface area contributed by atoms with E-state index in [1.54, 1.807) is 0 Å². The van der Waals surface area contributed by atoms with E-state index in [0.29, 0.717) is 19.3 Å². The number of hydrogen-bond donors (Lipinski definition) is 0. The Morgan fingerprint density at radius 2 is 0.633 bits per heavy atom. The lowest BCUT2D eigenvalue weighted by Gasteiger charge is -2.18. The van der Waals surface area contributed by atoms with Gasteiger partial charge in [-0.3, -0.25) is 14.4 Å². The van der Waals surface area contributed by atoms with Gasteiger partial charge in [0.05, 0.1) is 0 Å². The van der Waals surface area contributed by atoms with Crippen molar-refractivity contribution in [2.24, 2.45) is 11.8 Å². The van der Waals surface area contributed by atoms with Crippen LogP contribution >= 0.6 is 0 Å². The largest absolute Gasteiger partial charge is 0.462 e. The molecule has 2 atom stereocenters. The number of hydrogen-bond acceptors (Lipinski definition) is 6. The van der Waals surface area contributed by atoms with Crippen LogP contribution in [0.1, 0.15) is 298 Å². The van der Waals surface area contributed by atoms with Gasteiger partial charge in [0, 0.05) is 19.3 Å². The van der Waals surface area contributed by atoms with Crippen LogP contribution in [0.5, 0.6) is 0 Å². The minimum absolute atomic E-state index is 0.0637. The van der Waals surface area contributed by atoms with Crippen molar-refractivity contribution in [3.8, 4) is 0 Å². The van der Waals surface area contributed by atoms with E-state index in [2.05, 4.69) is 34.6 Å². The van der Waals surface area contributed by atoms with Gasteiger partial charge in [-0.05, 0) is 31.1 Å². The molecule has 356 valence electrons. The van der Waals surface area contributed by atoms with Crippen LogP contribution in [-0.2, 0) is 28.6 Å². The van der Waals surface area contributed by atoms with E-state index >= 15 is 0 Å². The second-order valence-corrected chi connectivity index (χ2v) is 19.2. The Balaban J connectivity index is 4.24. The topological polar surface area (TPSA) is 78.9 Å². The lowest BCUT2D eigenvalue weighted by atomic mass is 9.99. The zero-order valence-electron chi connectivity index (χ0n) is 41.1. The summed E-state index contributed by atoms with van der Waals surface area (Å²) in [6.45, 7) is 11.4. The smallest absolute Gasteiger partial charge is 0.306 e. The Morgan fingerprint density at radius 3 is 0.950 bits per heavy atom. The summed E-state index contributed by atoms with van der Waals surface area (Å²) in [6, 6.07) is 0. The molecule has 0 rings (SSSR count). The summed E-state index contributed by atoms with van der Waals surface area (Å²) in [7, 11) is 0. The van der Waals surface area contributed by atoms with Crippen molar-refractivity contribution in [1.29, 1.82) is 0 Å². The highest BCUT2D eigenvalue weighted by molar-refractivity contribution is 5.71. The fraction of sp³-hybridized carbons (Fsp3) is 0.944. The van der Waals surface area contributed by atoms with E-state index in [1.165, 1.54) is 186 Å². The Labute approximate surface area is 374 Å². The van der Waals surface area contributed by atoms with Gasteiger partial charge in [0.25, 0.3) is 0 Å². The van der Waals surface area contributed by atoms with Crippen LogP contribution in [0, 0.1) is 11.8 Å². The molecule has 0 aliphatic rings. The first kappa shape index (κ1) is 58.4. The van der Waals surface area contributed by atoms with Crippen molar-refractivity contribution >= 4 is 17.9 Å². The van der Waals surface area contributed by atoms with E-state index in [9.17, 15) is 14.4 Å². The summed E-state index contributed by atoms with van der Waals surface area (Å²) in [5.74, 6) is 0.873. The first-order valence-corrected chi connectivity index (χ1v) is 26.8. The molecule has 60 heavy (non-hydrogen) atoms. The maximum Gasteiger partial charge on any atom is 0.306 e. The van der Waals surface area contributed by atoms with E-state index < -0.39 is 6.10 Å². The van der Waals surface area contributed by atoms with E-state index in [4.69, 9.17) is 14.2 Å². The van der Waals surface area contributed by atoms with Crippen molar-refractivity contribution < 1.29 is 28.6 Å². The Kier molecular flexibility index (Phi) is 45.7. The monoisotopic (exact) mass is 849 g/mol. The molecule has 0 saturated heterocycles. The maximum absolute atomic E-state index is 12.8. The van der Waals surface area contributed by atoms with Crippen molar-refractivity contribution in [2.75, 3.05) is 13.2 Å². The van der Waals surface area contributed by atoms with Gasteiger partial charge in [-0.25, -0.2) is 0 Å². The van der Waals surface area contributed by atoms with Crippen LogP contribution < -0.4 is 0 Å². The quantitative estimate of drug-likeness (QED) is 0.0345. The number of unbranched alkanes of at least 4 members (excludes halogenated alkanes) is 32. The summed E-state index contributed by atoms with van der Waals surface area (Å²) in [5.41, 5.74) is 0. The second kappa shape index (κ2) is 46.9. The van der Waals surface area contributed by atoms with Crippen molar-refractivity contribution in [3.05, 3.63) is 0 Å². The highest BCUT2D eigenvalue weighted by atomic mass is 16.6. The van der Waals surface area contributed by atoms with Crippen LogP contribution in [0.4, 0.5) is 0 Å². The highest BCUT2D eigenvalue weighted by Crippen LogP contribution is 2.18. The summed E-state index contributed by atoms with van der Waals surface area (Å²) in [5, 5.41) is 0. The molecular weight excluding hydrogens is 745 g/mol. The number of esters is 3. The average Bonchev–Trinajstić information content (AvgIpc) is 3.23. The van der Waals surface area contributed by atoms with Crippen LogP contribution in [-0.4, -0.2) is 37.2 Å². The third kappa shape index (κ3) is 45.9. The normalized spacial score (nSPS) is 12.5. The molecule has 0 saturated carbocycles. The van der Waals surface area contributed by atoms with Gasteiger partial charge in [-0.1, -0.05) is 259 Å². The molecular formula is C54H104O6. The molecule has 0 aliphatic heterocycles. The van der Waals surface area contributed by atoms with Crippen molar-refractivity contribution in [1.82, 2.24) is 0 Å². The van der Waals surface area contributed by atoms with E-state index in [-0.39, 0.29) is 31.1 Å². The molecule has 0 fully saturated rings. The predicted octanol–water partition coefficient (Wildman–Crippen LogP) is 17.3. The van der Waals surface area contributed by atoms with Gasteiger partial charge in [-0.15, -0.1) is 0 Å². The SMILES string of the molecule is CCCCCCCCCCCC(=O)OC[C@@H](COC(=O)CCCCCCCCCCCCC(C)CC)OC(=O)CCCCCCCCCCCCCCCCCCC(C)C. The molecule has 0 spiro atoms. The lowest BCUT2D eigenvalue weighted by molar-refractivity contribution is -0.167. The van der Waals surface area contributed by atoms with Gasteiger partial charge in [0.1, 0.15) is 13.2 Å². The zero-order chi connectivity index (χ0) is 44.0. The minimum Gasteiger partial charge on any atom is -0.462 e. The van der Waals surface area contributed by atoms with Crippen molar-refractivity contribution in [2.45, 2.75) is 304 Å². The van der Waals surface area contributed by atoms with Crippen LogP contribution in [0.3, 0.4) is 0 Å². The molecule has 0 bridgehead atoms. The fourth-order valence-corrected chi connectivity index (χ4v) is 8.13. The van der Waals surface area contributed by atoms with Crippen LogP contribution in [0.2, 0.25) is 0 Å². The summed E-state index contributed by atoms with van der Waals surface area (Å²) < 4.78 is 16.8. The molecule has 6 heteroatoms. The highest BCUT2D eigenvalue weighted by Gasteiger charge is 2.19. The molecule has 0 heterocycles. The summed E-state index contributed by atoms with van der Waals surface area (Å²) in [6.07, 6.45) is 48.0. The Hall–Kier alpha value is -1.59. The standard InChI is InChI=1S/C54H104O6/c1-6-8-9-10-11-22-29-34-39-44-52(55)58-47-51(48-59-53(56)45-40-35-30-25-21-20-24-28-33-38-43-50(5)7-2)60-54(57)46-41-36-31-26-19-17-15-13-12-14-16-18-23-27-32-37-42-49(3)4/h49-51H,6-48H2,1-5H3/t50?,51-/m0/s1. The van der Waals surface area contributed by atoms with Gasteiger partial charge in [0.2, 0.25) is 0 Å².